The molecule has 2 heterocycles. The van der Waals surface area contributed by atoms with Crippen molar-refractivity contribution < 1.29 is 22.7 Å². The molecule has 2 aromatic carbocycles. The number of hydrogen-bond acceptors (Lipinski definition) is 5. The van der Waals surface area contributed by atoms with Crippen LogP contribution in [0.3, 0.4) is 0 Å². The number of nitrogens with one attached hydrogen (secondary N) is 1. The Balaban J connectivity index is 1.77. The lowest BCUT2D eigenvalue weighted by molar-refractivity contribution is -0.140. The van der Waals surface area contributed by atoms with Crippen molar-refractivity contribution in [3.63, 3.8) is 0 Å². The third-order valence-corrected chi connectivity index (χ3v) is 7.27. The maximum Gasteiger partial charge on any atom is 0.416 e. The highest BCUT2D eigenvalue weighted by Gasteiger charge is 2.34. The number of hydrogen-bond donors (Lipinski definition) is 1. The van der Waals surface area contributed by atoms with Gasteiger partial charge in [-0.3, -0.25) is 4.79 Å². The van der Waals surface area contributed by atoms with Crippen LogP contribution in [-0.4, -0.2) is 28.0 Å². The van der Waals surface area contributed by atoms with E-state index < -0.39 is 17.0 Å². The number of carbonyl (C=O) groups excluding carboxylic acids is 1. The van der Waals surface area contributed by atoms with E-state index in [4.69, 9.17) is 4.74 Å². The molecule has 4 rings (SSSR count). The fraction of sp³-hybridized carbons (Fsp3) is 0.269. The predicted octanol–water partition coefficient (Wildman–Crippen LogP) is 6.58. The first-order valence-electron chi connectivity index (χ1n) is 11.0. The van der Waals surface area contributed by atoms with Gasteiger partial charge in [0.2, 0.25) is 0 Å². The van der Waals surface area contributed by atoms with Gasteiger partial charge < -0.3 is 9.72 Å². The van der Waals surface area contributed by atoms with Crippen LogP contribution in [0.1, 0.15) is 45.1 Å². The monoisotopic (exact) mass is 499 g/mol. The van der Waals surface area contributed by atoms with Crippen LogP contribution in [-0.2, 0) is 22.1 Å². The van der Waals surface area contributed by atoms with E-state index in [-0.39, 0.29) is 18.0 Å². The molecular weight excluding hydrogens is 475 g/mol. The Morgan fingerprint density at radius 3 is 2.63 bits per heavy atom. The number of halogens is 3. The lowest BCUT2D eigenvalue weighted by Crippen LogP contribution is -2.11. The largest absolute Gasteiger partial charge is 0.469 e. The first kappa shape index (κ1) is 24.8. The Kier molecular flexibility index (Phi) is 7.16. The summed E-state index contributed by atoms with van der Waals surface area (Å²) < 4.78 is 45.9. The average Bonchev–Trinajstić information content (AvgIpc) is 3.30. The van der Waals surface area contributed by atoms with Crippen LogP contribution < -0.4 is 0 Å². The number of rotatable bonds is 7. The van der Waals surface area contributed by atoms with Crippen LogP contribution in [0.4, 0.5) is 13.2 Å². The lowest BCUT2D eigenvalue weighted by Gasteiger charge is -2.23. The molecule has 0 saturated carbocycles. The molecule has 5 nitrogen and oxygen atoms in total. The van der Waals surface area contributed by atoms with Crippen molar-refractivity contribution in [3.05, 3.63) is 88.4 Å². The number of ether oxygens (including phenoxy) is 1. The minimum Gasteiger partial charge on any atom is -0.469 e. The molecular formula is C26H24F3N3O2S. The zero-order valence-corrected chi connectivity index (χ0v) is 20.3. The molecule has 1 unspecified atom stereocenters. The van der Waals surface area contributed by atoms with E-state index in [1.165, 1.54) is 38.2 Å². The molecule has 0 bridgehead atoms. The number of nitrogens with zero attached hydrogens (tertiary/aromatic N) is 2. The van der Waals surface area contributed by atoms with E-state index in [1.807, 2.05) is 31.2 Å². The van der Waals surface area contributed by atoms with Gasteiger partial charge in [-0.2, -0.15) is 13.2 Å². The van der Waals surface area contributed by atoms with Gasteiger partial charge in [0, 0.05) is 17.5 Å². The molecule has 4 aromatic rings. The number of H-pyrrole nitrogens is 1. The maximum absolute atomic E-state index is 13.7. The summed E-state index contributed by atoms with van der Waals surface area (Å²) in [5.74, 6) is -0.274. The summed E-state index contributed by atoms with van der Waals surface area (Å²) in [7, 11) is 1.36. The topological polar surface area (TPSA) is 67.9 Å². The third kappa shape index (κ3) is 5.35. The van der Waals surface area contributed by atoms with Crippen LogP contribution in [0.25, 0.3) is 11.2 Å². The molecule has 1 N–H and O–H groups in total. The standard InChI is InChI=1S/C26H24F3N3O2S/c1-15-13-18(9-7-17(15)8-10-22(33)34-3)35-24(20-11-12-30-25-23(20)31-14-32-25)19-5-4-6-21(16(19)2)26(27,28)29/h4-7,9,11-14,24H,8,10H2,1-3H3,(H,30,31,32). The van der Waals surface area contributed by atoms with Crippen molar-refractivity contribution in [2.45, 2.75) is 43.0 Å². The summed E-state index contributed by atoms with van der Waals surface area (Å²) >= 11 is 1.46. The first-order valence-corrected chi connectivity index (χ1v) is 11.8. The number of alkyl halides is 3. The van der Waals surface area contributed by atoms with Crippen molar-refractivity contribution in [1.82, 2.24) is 15.0 Å². The van der Waals surface area contributed by atoms with E-state index in [2.05, 4.69) is 15.0 Å². The van der Waals surface area contributed by atoms with Crippen LogP contribution in [0.2, 0.25) is 0 Å². The highest BCUT2D eigenvalue weighted by Crippen LogP contribution is 2.45. The number of fused-ring (bicyclic) bond motifs is 1. The summed E-state index contributed by atoms with van der Waals surface area (Å²) in [6, 6.07) is 12.0. The Hall–Kier alpha value is -3.33. The van der Waals surface area contributed by atoms with Gasteiger partial charge in [0.25, 0.3) is 0 Å². The molecule has 0 saturated heterocycles. The van der Waals surface area contributed by atoms with Crippen molar-refractivity contribution in [1.29, 1.82) is 0 Å². The molecule has 35 heavy (non-hydrogen) atoms. The number of aromatic amines is 1. The van der Waals surface area contributed by atoms with Gasteiger partial charge in [-0.15, -0.1) is 11.8 Å². The summed E-state index contributed by atoms with van der Waals surface area (Å²) in [5.41, 5.74) is 4.12. The third-order valence-electron chi connectivity index (χ3n) is 6.00. The Bertz CT molecular complexity index is 1370. The van der Waals surface area contributed by atoms with Gasteiger partial charge in [0.1, 0.15) is 0 Å². The summed E-state index contributed by atoms with van der Waals surface area (Å²) in [6.07, 6.45) is -0.462. The molecule has 0 radical (unpaired) electrons. The van der Waals surface area contributed by atoms with Gasteiger partial charge in [-0.05, 0) is 72.4 Å². The Morgan fingerprint density at radius 1 is 1.11 bits per heavy atom. The zero-order chi connectivity index (χ0) is 25.2. The fourth-order valence-electron chi connectivity index (χ4n) is 4.12. The number of imidazole rings is 1. The van der Waals surface area contributed by atoms with Crippen LogP contribution in [0, 0.1) is 13.8 Å². The first-order chi connectivity index (χ1) is 16.7. The van der Waals surface area contributed by atoms with Crippen molar-refractivity contribution in [2.24, 2.45) is 0 Å². The highest BCUT2D eigenvalue weighted by molar-refractivity contribution is 7.99. The molecule has 0 amide bonds. The maximum atomic E-state index is 13.7. The molecule has 0 spiro atoms. The molecule has 0 aliphatic carbocycles. The quantitative estimate of drug-likeness (QED) is 0.230. The molecule has 182 valence electrons. The number of esters is 1. The number of pyridine rings is 1. The van der Waals surface area contributed by atoms with Gasteiger partial charge >= 0.3 is 12.1 Å². The van der Waals surface area contributed by atoms with Gasteiger partial charge in [0.15, 0.2) is 5.65 Å². The fourth-order valence-corrected chi connectivity index (χ4v) is 5.49. The van der Waals surface area contributed by atoms with E-state index in [0.717, 1.165) is 27.7 Å². The molecule has 1 atom stereocenters. The lowest BCUT2D eigenvalue weighted by atomic mass is 9.96. The van der Waals surface area contributed by atoms with Crippen molar-refractivity contribution >= 4 is 28.9 Å². The Morgan fingerprint density at radius 2 is 1.91 bits per heavy atom. The number of aromatic nitrogens is 3. The molecule has 0 aliphatic rings. The van der Waals surface area contributed by atoms with Crippen molar-refractivity contribution in [2.75, 3.05) is 7.11 Å². The smallest absolute Gasteiger partial charge is 0.416 e. The zero-order valence-electron chi connectivity index (χ0n) is 19.4. The van der Waals surface area contributed by atoms with E-state index >= 15 is 0 Å². The molecule has 2 aromatic heterocycles. The number of carbonyl (C=O) groups is 1. The Labute approximate surface area is 205 Å². The minimum atomic E-state index is -4.45. The average molecular weight is 500 g/mol. The van der Waals surface area contributed by atoms with Gasteiger partial charge in [-0.1, -0.05) is 18.2 Å². The molecule has 0 fully saturated rings. The van der Waals surface area contributed by atoms with Crippen molar-refractivity contribution in [3.8, 4) is 0 Å². The van der Waals surface area contributed by atoms with Gasteiger partial charge in [-0.25, -0.2) is 9.97 Å². The summed E-state index contributed by atoms with van der Waals surface area (Å²) in [6.45, 7) is 3.47. The minimum absolute atomic E-state index is 0.188. The SMILES string of the molecule is COC(=O)CCc1ccc(SC(c2cccc(C(F)(F)F)c2C)c2ccnc3nc[nH]c23)cc1C. The second-order valence-electron chi connectivity index (χ2n) is 8.18. The molecule has 0 aliphatic heterocycles. The second-order valence-corrected chi connectivity index (χ2v) is 9.36. The van der Waals surface area contributed by atoms with Crippen LogP contribution >= 0.6 is 11.8 Å². The summed E-state index contributed by atoms with van der Waals surface area (Å²) in [4.78, 5) is 24.0. The number of methoxy groups -OCH3 is 1. The van der Waals surface area contributed by atoms with E-state index in [9.17, 15) is 18.0 Å². The number of aryl methyl sites for hydroxylation is 2. The van der Waals surface area contributed by atoms with E-state index in [1.54, 1.807) is 12.3 Å². The van der Waals surface area contributed by atoms with Crippen LogP contribution in [0.5, 0.6) is 0 Å². The van der Waals surface area contributed by atoms with Gasteiger partial charge in [0.05, 0.1) is 29.8 Å². The highest BCUT2D eigenvalue weighted by atomic mass is 32.2. The second kappa shape index (κ2) is 10.1. The van der Waals surface area contributed by atoms with E-state index in [0.29, 0.717) is 23.1 Å². The summed E-state index contributed by atoms with van der Waals surface area (Å²) in [5, 5.41) is -0.441. The number of thioether (sulfide) groups is 1. The number of benzene rings is 2. The van der Waals surface area contributed by atoms with Crippen LogP contribution in [0.15, 0.2) is 59.9 Å². The molecule has 9 heteroatoms. The normalized spacial score (nSPS) is 12.6. The predicted molar refractivity (Wildman–Crippen MR) is 129 cm³/mol.